The van der Waals surface area contributed by atoms with Gasteiger partial charge >= 0.3 is 6.18 Å². The van der Waals surface area contributed by atoms with Gasteiger partial charge in [-0.1, -0.05) is 0 Å². The molecule has 0 radical (unpaired) electrons. The van der Waals surface area contributed by atoms with E-state index in [-0.39, 0.29) is 17.3 Å². The third kappa shape index (κ3) is 4.20. The number of nitrogens with one attached hydrogen (secondary N) is 2. The summed E-state index contributed by atoms with van der Waals surface area (Å²) in [6.07, 6.45) is -3.07. The van der Waals surface area contributed by atoms with Crippen molar-refractivity contribution in [2.24, 2.45) is 0 Å². The number of alkyl halides is 3. The van der Waals surface area contributed by atoms with Gasteiger partial charge in [-0.3, -0.25) is 0 Å². The molecule has 118 valence electrons. The number of hydrogen-bond donors (Lipinski definition) is 2. The predicted octanol–water partition coefficient (Wildman–Crippen LogP) is 2.91. The van der Waals surface area contributed by atoms with Crippen molar-refractivity contribution in [2.75, 3.05) is 30.4 Å². The summed E-state index contributed by atoms with van der Waals surface area (Å²) in [5.41, 5.74) is -1.27. The number of anilines is 2. The smallest absolute Gasteiger partial charge is 0.381 e. The molecule has 0 saturated carbocycles. The molecule has 1 aromatic rings. The molecule has 2 N–H and O–H groups in total. The summed E-state index contributed by atoms with van der Waals surface area (Å²) in [7, 11) is 0. The van der Waals surface area contributed by atoms with Crippen molar-refractivity contribution in [2.45, 2.75) is 38.4 Å². The number of hydrogen-bond acceptors (Lipinski definition) is 5. The Balaban J connectivity index is 2.27. The van der Waals surface area contributed by atoms with Crippen LogP contribution in [0, 0.1) is 0 Å². The summed E-state index contributed by atoms with van der Waals surface area (Å²) in [6, 6.07) is 0.946. The highest BCUT2D eigenvalue weighted by Gasteiger charge is 2.35. The summed E-state index contributed by atoms with van der Waals surface area (Å²) >= 11 is 0. The van der Waals surface area contributed by atoms with Crippen LogP contribution < -0.4 is 10.6 Å². The van der Waals surface area contributed by atoms with Gasteiger partial charge < -0.3 is 15.4 Å². The Kier molecular flexibility index (Phi) is 4.55. The minimum Gasteiger partial charge on any atom is -0.381 e. The lowest BCUT2D eigenvalue weighted by Crippen LogP contribution is -2.41. The van der Waals surface area contributed by atoms with Gasteiger partial charge in [-0.15, -0.1) is 0 Å². The average molecular weight is 304 g/mol. The van der Waals surface area contributed by atoms with Gasteiger partial charge in [-0.2, -0.15) is 18.2 Å². The largest absolute Gasteiger partial charge is 0.433 e. The van der Waals surface area contributed by atoms with Crippen molar-refractivity contribution in [3.63, 3.8) is 0 Å². The van der Waals surface area contributed by atoms with E-state index in [1.165, 1.54) is 0 Å². The number of rotatable bonds is 4. The Morgan fingerprint density at radius 3 is 2.52 bits per heavy atom. The summed E-state index contributed by atoms with van der Waals surface area (Å²) in [6.45, 7) is 5.35. The second-order valence-corrected chi connectivity index (χ2v) is 5.29. The normalized spacial score (nSPS) is 18.3. The molecule has 0 bridgehead atoms. The summed E-state index contributed by atoms with van der Waals surface area (Å²) in [5.74, 6) is 0.156. The predicted molar refractivity (Wildman–Crippen MR) is 73.3 cm³/mol. The number of ether oxygens (including phenoxy) is 1. The number of halogens is 3. The van der Waals surface area contributed by atoms with Crippen LogP contribution in [0.2, 0.25) is 0 Å². The lowest BCUT2D eigenvalue weighted by Gasteiger charge is -2.35. The molecule has 1 aromatic heterocycles. The Labute approximate surface area is 121 Å². The molecule has 1 aliphatic heterocycles. The highest BCUT2D eigenvalue weighted by atomic mass is 19.4. The summed E-state index contributed by atoms with van der Waals surface area (Å²) < 4.78 is 44.0. The van der Waals surface area contributed by atoms with Gasteiger partial charge in [0.15, 0.2) is 5.69 Å². The van der Waals surface area contributed by atoms with Crippen LogP contribution in [-0.4, -0.2) is 35.3 Å². The third-order valence-electron chi connectivity index (χ3n) is 3.38. The number of aromatic nitrogens is 2. The Morgan fingerprint density at radius 2 is 1.95 bits per heavy atom. The van der Waals surface area contributed by atoms with Gasteiger partial charge in [0.25, 0.3) is 0 Å². The van der Waals surface area contributed by atoms with Crippen LogP contribution in [0.5, 0.6) is 0 Å². The van der Waals surface area contributed by atoms with Crippen LogP contribution in [-0.2, 0) is 10.9 Å². The molecule has 0 amide bonds. The van der Waals surface area contributed by atoms with Crippen LogP contribution >= 0.6 is 0 Å². The van der Waals surface area contributed by atoms with Crippen molar-refractivity contribution in [3.05, 3.63) is 11.8 Å². The van der Waals surface area contributed by atoms with Crippen molar-refractivity contribution >= 4 is 11.8 Å². The first-order valence-electron chi connectivity index (χ1n) is 6.88. The fraction of sp³-hybridized carbons (Fsp3) is 0.692. The van der Waals surface area contributed by atoms with E-state index in [4.69, 9.17) is 4.74 Å². The van der Waals surface area contributed by atoms with Gasteiger partial charge in [0.05, 0.1) is 0 Å². The second kappa shape index (κ2) is 6.05. The first kappa shape index (κ1) is 15.8. The van der Waals surface area contributed by atoms with Crippen molar-refractivity contribution < 1.29 is 17.9 Å². The second-order valence-electron chi connectivity index (χ2n) is 5.29. The Bertz CT molecular complexity index is 487. The molecular weight excluding hydrogens is 285 g/mol. The maximum atomic E-state index is 12.9. The van der Waals surface area contributed by atoms with E-state index in [0.29, 0.717) is 19.8 Å². The first-order chi connectivity index (χ1) is 9.82. The van der Waals surface area contributed by atoms with Crippen LogP contribution in [0.25, 0.3) is 0 Å². The van der Waals surface area contributed by atoms with E-state index in [0.717, 1.165) is 18.9 Å². The standard InChI is InChI=1S/C13H19F3N4O/c1-3-17-11-18-9(13(14,15)16)8-10(19-11)20-12(2)4-6-21-7-5-12/h8H,3-7H2,1-2H3,(H2,17,18,19,20). The molecule has 5 nitrogen and oxygen atoms in total. The number of nitrogens with zero attached hydrogens (tertiary/aromatic N) is 2. The SMILES string of the molecule is CCNc1nc(NC2(C)CCOCC2)cc(C(F)(F)F)n1. The molecule has 0 aromatic carbocycles. The van der Waals surface area contributed by atoms with Crippen LogP contribution in [0.1, 0.15) is 32.4 Å². The maximum Gasteiger partial charge on any atom is 0.433 e. The molecule has 0 unspecified atom stereocenters. The van der Waals surface area contributed by atoms with Gasteiger partial charge in [0.1, 0.15) is 5.82 Å². The highest BCUT2D eigenvalue weighted by molar-refractivity contribution is 5.45. The quantitative estimate of drug-likeness (QED) is 0.895. The molecule has 0 atom stereocenters. The molecule has 1 fully saturated rings. The van der Waals surface area contributed by atoms with Crippen molar-refractivity contribution in [3.8, 4) is 0 Å². The molecule has 21 heavy (non-hydrogen) atoms. The first-order valence-corrected chi connectivity index (χ1v) is 6.88. The Hall–Kier alpha value is -1.57. The van der Waals surface area contributed by atoms with E-state index < -0.39 is 11.9 Å². The van der Waals surface area contributed by atoms with E-state index in [9.17, 15) is 13.2 Å². The zero-order chi connectivity index (χ0) is 15.5. The van der Waals surface area contributed by atoms with E-state index in [1.807, 2.05) is 6.92 Å². The molecule has 1 saturated heterocycles. The average Bonchev–Trinajstić information content (AvgIpc) is 2.38. The third-order valence-corrected chi connectivity index (χ3v) is 3.38. The molecular formula is C13H19F3N4O. The Morgan fingerprint density at radius 1 is 1.29 bits per heavy atom. The van der Waals surface area contributed by atoms with E-state index >= 15 is 0 Å². The minimum atomic E-state index is -4.50. The molecule has 2 heterocycles. The fourth-order valence-corrected chi connectivity index (χ4v) is 2.15. The van der Waals surface area contributed by atoms with E-state index in [1.54, 1.807) is 6.92 Å². The highest BCUT2D eigenvalue weighted by Crippen LogP contribution is 2.31. The lowest BCUT2D eigenvalue weighted by atomic mass is 9.92. The maximum absolute atomic E-state index is 12.9. The molecule has 2 rings (SSSR count). The molecule has 0 spiro atoms. The van der Waals surface area contributed by atoms with Gasteiger partial charge in [0.2, 0.25) is 5.95 Å². The zero-order valence-electron chi connectivity index (χ0n) is 12.0. The van der Waals surface area contributed by atoms with Gasteiger partial charge in [0, 0.05) is 31.4 Å². The van der Waals surface area contributed by atoms with Crippen LogP contribution in [0.3, 0.4) is 0 Å². The van der Waals surface area contributed by atoms with Crippen molar-refractivity contribution in [1.82, 2.24) is 9.97 Å². The molecule has 8 heteroatoms. The topological polar surface area (TPSA) is 59.1 Å². The molecule has 1 aliphatic rings. The molecule has 0 aliphatic carbocycles. The lowest BCUT2D eigenvalue weighted by molar-refractivity contribution is -0.141. The van der Waals surface area contributed by atoms with Gasteiger partial charge in [-0.25, -0.2) is 4.98 Å². The summed E-state index contributed by atoms with van der Waals surface area (Å²) in [4.78, 5) is 7.60. The van der Waals surface area contributed by atoms with Gasteiger partial charge in [-0.05, 0) is 26.7 Å². The van der Waals surface area contributed by atoms with E-state index in [2.05, 4.69) is 20.6 Å². The minimum absolute atomic E-state index is 0.0227. The van der Waals surface area contributed by atoms with Crippen molar-refractivity contribution in [1.29, 1.82) is 0 Å². The zero-order valence-corrected chi connectivity index (χ0v) is 12.0. The fourth-order valence-electron chi connectivity index (χ4n) is 2.15. The summed E-state index contributed by atoms with van der Waals surface area (Å²) in [5, 5.41) is 5.82. The monoisotopic (exact) mass is 304 g/mol. The van der Waals surface area contributed by atoms with Crippen LogP contribution in [0.15, 0.2) is 6.07 Å². The van der Waals surface area contributed by atoms with Crippen LogP contribution in [0.4, 0.5) is 24.9 Å².